The second-order valence-electron chi connectivity index (χ2n) is 4.33. The van der Waals surface area contributed by atoms with Gasteiger partial charge in [-0.1, -0.05) is 58.8 Å². The van der Waals surface area contributed by atoms with E-state index in [4.69, 9.17) is 5.11 Å². The molecule has 0 heterocycles. The molecule has 1 aromatic carbocycles. The van der Waals surface area contributed by atoms with Crippen molar-refractivity contribution in [1.29, 1.82) is 0 Å². The zero-order valence-electron chi connectivity index (χ0n) is 11.0. The van der Waals surface area contributed by atoms with Crippen LogP contribution in [-0.2, 0) is 0 Å². The fraction of sp³-hybridized carbons (Fsp3) is 0.500. The van der Waals surface area contributed by atoms with Crippen LogP contribution in [0.15, 0.2) is 29.2 Å². The molecule has 1 rings (SSSR count). The fourth-order valence-electron chi connectivity index (χ4n) is 1.17. The lowest BCUT2D eigenvalue weighted by atomic mass is 10.0. The minimum Gasteiger partial charge on any atom is -0.396 e. The van der Waals surface area contributed by atoms with Gasteiger partial charge in [0.15, 0.2) is 0 Å². The molecule has 0 saturated heterocycles. The summed E-state index contributed by atoms with van der Waals surface area (Å²) < 4.78 is 62.2. The molecule has 1 nitrogen and oxygen atoms in total. The van der Waals surface area contributed by atoms with E-state index in [-0.39, 0.29) is 5.56 Å². The molecule has 1 N–H and O–H groups in total. The lowest BCUT2D eigenvalue weighted by molar-refractivity contribution is 0.272. The summed E-state index contributed by atoms with van der Waals surface area (Å²) in [6.07, 6.45) is 1.25. The molecule has 0 amide bonds. The van der Waals surface area contributed by atoms with Crippen molar-refractivity contribution in [3.05, 3.63) is 29.8 Å². The van der Waals surface area contributed by atoms with Gasteiger partial charge in [-0.05, 0) is 17.7 Å². The van der Waals surface area contributed by atoms with Crippen LogP contribution >= 0.6 is 10.2 Å². The van der Waals surface area contributed by atoms with Crippen LogP contribution in [0.5, 0.6) is 0 Å². The van der Waals surface area contributed by atoms with E-state index in [9.17, 15) is 19.4 Å². The highest BCUT2D eigenvalue weighted by Crippen LogP contribution is 3.02. The standard InChI is InChI=1S/C9H11F5OS.C3H8/c1-7(6-15)8-3-2-4-9(5-8)16(10,11,12,13)14;1-3-2/h2-5,7,15H,6H2,1H3;3H2,1-2H3. The second kappa shape index (κ2) is 5.28. The number of benzene rings is 1. The first kappa shape index (κ1) is 18.2. The summed E-state index contributed by atoms with van der Waals surface area (Å²) in [5.74, 6) is -0.611. The Morgan fingerprint density at radius 1 is 1.11 bits per heavy atom. The van der Waals surface area contributed by atoms with Crippen LogP contribution in [0.1, 0.15) is 38.7 Å². The summed E-state index contributed by atoms with van der Waals surface area (Å²) >= 11 is 0. The van der Waals surface area contributed by atoms with Crippen molar-refractivity contribution in [1.82, 2.24) is 0 Å². The first-order valence-corrected chi connectivity index (χ1v) is 7.75. The first-order valence-electron chi connectivity index (χ1n) is 5.80. The molecule has 114 valence electrons. The molecule has 0 aliphatic heterocycles. The lowest BCUT2D eigenvalue weighted by Crippen LogP contribution is -2.07. The van der Waals surface area contributed by atoms with Gasteiger partial charge in [-0.25, -0.2) is 0 Å². The van der Waals surface area contributed by atoms with Crippen molar-refractivity contribution >= 4 is 10.2 Å². The van der Waals surface area contributed by atoms with Gasteiger partial charge >= 0.3 is 10.2 Å². The Morgan fingerprint density at radius 3 is 1.95 bits per heavy atom. The summed E-state index contributed by atoms with van der Waals surface area (Å²) in [5.41, 5.74) is 0.0354. The van der Waals surface area contributed by atoms with Crippen LogP contribution in [0.4, 0.5) is 19.4 Å². The molecule has 1 unspecified atom stereocenters. The maximum atomic E-state index is 12.4. The predicted octanol–water partition coefficient (Wildman–Crippen LogP) is 5.86. The molecule has 0 spiro atoms. The molecule has 0 fully saturated rings. The van der Waals surface area contributed by atoms with E-state index in [2.05, 4.69) is 13.8 Å². The van der Waals surface area contributed by atoms with Crippen LogP contribution < -0.4 is 0 Å². The Hall–Kier alpha value is -0.820. The molecule has 0 radical (unpaired) electrons. The normalized spacial score (nSPS) is 16.7. The van der Waals surface area contributed by atoms with Crippen LogP contribution in [0.3, 0.4) is 0 Å². The summed E-state index contributed by atoms with van der Waals surface area (Å²) in [6, 6.07) is 2.92. The Balaban J connectivity index is 0.000000982. The van der Waals surface area contributed by atoms with Crippen molar-refractivity contribution in [2.45, 2.75) is 38.0 Å². The number of hydrogen-bond acceptors (Lipinski definition) is 1. The Labute approximate surface area is 110 Å². The third kappa shape index (κ3) is 6.24. The largest absolute Gasteiger partial charge is 0.396 e. The smallest absolute Gasteiger partial charge is 0.310 e. The van der Waals surface area contributed by atoms with E-state index in [1.807, 2.05) is 0 Å². The van der Waals surface area contributed by atoms with Gasteiger partial charge in [0.25, 0.3) is 0 Å². The van der Waals surface area contributed by atoms with E-state index in [1.165, 1.54) is 19.4 Å². The van der Waals surface area contributed by atoms with E-state index in [0.717, 1.165) is 6.07 Å². The van der Waals surface area contributed by atoms with Gasteiger partial charge in [0.2, 0.25) is 0 Å². The summed E-state index contributed by atoms with van der Waals surface area (Å²) in [4.78, 5) is -1.92. The summed E-state index contributed by atoms with van der Waals surface area (Å²) in [7, 11) is -9.61. The highest BCUT2D eigenvalue weighted by atomic mass is 32.5. The number of halogens is 5. The Bertz CT molecular complexity index is 415. The predicted molar refractivity (Wildman–Crippen MR) is 69.3 cm³/mol. The number of hydrogen-bond donors (Lipinski definition) is 1. The van der Waals surface area contributed by atoms with Crippen molar-refractivity contribution < 1.29 is 24.5 Å². The third-order valence-corrected chi connectivity index (χ3v) is 3.29. The Morgan fingerprint density at radius 2 is 1.58 bits per heavy atom. The summed E-state index contributed by atoms with van der Waals surface area (Å²) in [5, 5.41) is 8.75. The molecule has 0 aliphatic rings. The van der Waals surface area contributed by atoms with E-state index in [1.54, 1.807) is 0 Å². The molecule has 1 aromatic rings. The minimum absolute atomic E-state index is 0.0354. The number of rotatable bonds is 3. The Kier molecular flexibility index (Phi) is 5.05. The van der Waals surface area contributed by atoms with Gasteiger partial charge in [0.05, 0.1) is 0 Å². The van der Waals surface area contributed by atoms with Crippen LogP contribution in [-0.4, -0.2) is 11.7 Å². The topological polar surface area (TPSA) is 20.2 Å². The average molecular weight is 306 g/mol. The molecular weight excluding hydrogens is 287 g/mol. The zero-order valence-corrected chi connectivity index (χ0v) is 11.9. The molecule has 1 atom stereocenters. The fourth-order valence-corrected chi connectivity index (χ4v) is 1.86. The average Bonchev–Trinajstić information content (AvgIpc) is 2.26. The SMILES string of the molecule is CC(CO)c1cccc(S(F)(F)(F)(F)F)c1.CCC. The highest BCUT2D eigenvalue weighted by Gasteiger charge is 2.65. The number of aliphatic hydroxyl groups excluding tert-OH is 1. The number of aliphatic hydroxyl groups is 1. The van der Waals surface area contributed by atoms with E-state index in [0.29, 0.717) is 12.1 Å². The van der Waals surface area contributed by atoms with Crippen molar-refractivity contribution in [2.75, 3.05) is 6.61 Å². The van der Waals surface area contributed by atoms with Crippen molar-refractivity contribution in [3.8, 4) is 0 Å². The van der Waals surface area contributed by atoms with Gasteiger partial charge in [-0.3, -0.25) is 0 Å². The maximum absolute atomic E-state index is 12.4. The molecule has 0 bridgehead atoms. The molecule has 0 aliphatic carbocycles. The lowest BCUT2D eigenvalue weighted by Gasteiger charge is -2.40. The molecule has 19 heavy (non-hydrogen) atoms. The monoisotopic (exact) mass is 306 g/mol. The zero-order chi connectivity index (χ0) is 15.4. The van der Waals surface area contributed by atoms with Gasteiger partial charge < -0.3 is 5.11 Å². The van der Waals surface area contributed by atoms with E-state index >= 15 is 0 Å². The van der Waals surface area contributed by atoms with Crippen molar-refractivity contribution in [2.24, 2.45) is 0 Å². The van der Waals surface area contributed by atoms with Crippen LogP contribution in [0.2, 0.25) is 0 Å². The second-order valence-corrected chi connectivity index (χ2v) is 6.74. The maximum Gasteiger partial charge on any atom is 0.310 e. The summed E-state index contributed by atoms with van der Waals surface area (Å²) in [6.45, 7) is 5.30. The van der Waals surface area contributed by atoms with E-state index < -0.39 is 27.6 Å². The third-order valence-electron chi connectivity index (χ3n) is 2.15. The van der Waals surface area contributed by atoms with Gasteiger partial charge in [-0.15, -0.1) is 0 Å². The molecule has 0 aromatic heterocycles. The quantitative estimate of drug-likeness (QED) is 0.694. The molecule has 0 saturated carbocycles. The molecule has 7 heteroatoms. The van der Waals surface area contributed by atoms with Gasteiger partial charge in [0, 0.05) is 12.5 Å². The minimum atomic E-state index is -9.61. The van der Waals surface area contributed by atoms with Crippen LogP contribution in [0.25, 0.3) is 0 Å². The van der Waals surface area contributed by atoms with Gasteiger partial charge in [0.1, 0.15) is 4.90 Å². The van der Waals surface area contributed by atoms with Gasteiger partial charge in [-0.2, -0.15) is 0 Å². The van der Waals surface area contributed by atoms with Crippen LogP contribution in [0, 0.1) is 0 Å². The van der Waals surface area contributed by atoms with Crippen molar-refractivity contribution in [3.63, 3.8) is 0 Å². The molecular formula is C12H19F5OS. The highest BCUT2D eigenvalue weighted by molar-refractivity contribution is 8.45. The first-order chi connectivity index (χ1) is 8.35.